The maximum Gasteiger partial charge on any atom is 0.242 e. The van der Waals surface area contributed by atoms with E-state index in [1.807, 2.05) is 38.1 Å². The van der Waals surface area contributed by atoms with Crippen LogP contribution >= 0.6 is 0 Å². The van der Waals surface area contributed by atoms with Crippen LogP contribution in [0.15, 0.2) is 60.7 Å². The standard InChI is InChI=1S/C26H23NO2/c1-15(2)27-23(28)25-19-10-6-4-8-17(19)12-13-21(25)22-14-16(3)18-9-5-7-11-20(18)26(22,25)24(27)29/h4-15,21-22H,1-3H3/t21-,22+,25+,26+/m1/s1. The van der Waals surface area contributed by atoms with E-state index in [1.54, 1.807) is 4.90 Å². The number of hydrogen-bond acceptors (Lipinski definition) is 2. The Kier molecular flexibility index (Phi) is 3.01. The van der Waals surface area contributed by atoms with Gasteiger partial charge in [0.2, 0.25) is 11.8 Å². The summed E-state index contributed by atoms with van der Waals surface area (Å²) in [6.07, 6.45) is 6.56. The second kappa shape index (κ2) is 5.15. The van der Waals surface area contributed by atoms with E-state index in [4.69, 9.17) is 0 Å². The summed E-state index contributed by atoms with van der Waals surface area (Å²) in [5.74, 6) is -0.0542. The predicted octanol–water partition coefficient (Wildman–Crippen LogP) is 4.33. The molecule has 29 heavy (non-hydrogen) atoms. The summed E-state index contributed by atoms with van der Waals surface area (Å²) >= 11 is 0. The fraction of sp³-hybridized carbons (Fsp3) is 0.308. The first-order valence-corrected chi connectivity index (χ1v) is 10.4. The summed E-state index contributed by atoms with van der Waals surface area (Å²) in [5.41, 5.74) is 3.67. The van der Waals surface area contributed by atoms with Gasteiger partial charge in [-0.05, 0) is 48.6 Å². The predicted molar refractivity (Wildman–Crippen MR) is 113 cm³/mol. The number of allylic oxidation sites excluding steroid dienone is 3. The fourth-order valence-electron chi connectivity index (χ4n) is 6.78. The van der Waals surface area contributed by atoms with Gasteiger partial charge in [-0.25, -0.2) is 0 Å². The average molecular weight is 381 g/mol. The van der Waals surface area contributed by atoms with Gasteiger partial charge in [-0.2, -0.15) is 0 Å². The van der Waals surface area contributed by atoms with Crippen LogP contribution in [-0.4, -0.2) is 22.8 Å². The van der Waals surface area contributed by atoms with E-state index in [1.165, 1.54) is 5.57 Å². The fourth-order valence-corrected chi connectivity index (χ4v) is 6.78. The molecule has 144 valence electrons. The van der Waals surface area contributed by atoms with E-state index in [-0.39, 0.29) is 29.7 Å². The molecule has 1 heterocycles. The van der Waals surface area contributed by atoms with Gasteiger partial charge >= 0.3 is 0 Å². The smallest absolute Gasteiger partial charge is 0.242 e. The molecule has 1 saturated carbocycles. The first kappa shape index (κ1) is 17.0. The van der Waals surface area contributed by atoms with Crippen molar-refractivity contribution in [3.63, 3.8) is 0 Å². The minimum Gasteiger partial charge on any atom is -0.278 e. The Bertz CT molecular complexity index is 1170. The van der Waals surface area contributed by atoms with Crippen LogP contribution in [-0.2, 0) is 20.4 Å². The second-order valence-corrected chi connectivity index (χ2v) is 9.08. The van der Waals surface area contributed by atoms with E-state index in [2.05, 4.69) is 49.4 Å². The van der Waals surface area contributed by atoms with Gasteiger partial charge in [0.25, 0.3) is 0 Å². The van der Waals surface area contributed by atoms with Crippen LogP contribution < -0.4 is 0 Å². The second-order valence-electron chi connectivity index (χ2n) is 9.08. The van der Waals surface area contributed by atoms with Crippen LogP contribution in [0.5, 0.6) is 0 Å². The van der Waals surface area contributed by atoms with Gasteiger partial charge in [-0.3, -0.25) is 14.5 Å². The zero-order valence-electron chi connectivity index (χ0n) is 16.8. The Balaban J connectivity index is 1.77. The maximum absolute atomic E-state index is 14.2. The zero-order chi connectivity index (χ0) is 20.1. The molecular formula is C26H23NO2. The number of rotatable bonds is 1. The largest absolute Gasteiger partial charge is 0.278 e. The first-order chi connectivity index (χ1) is 14.0. The van der Waals surface area contributed by atoms with Crippen molar-refractivity contribution in [2.75, 3.05) is 0 Å². The number of likely N-dealkylation sites (tertiary alicyclic amines) is 1. The number of amides is 2. The van der Waals surface area contributed by atoms with Crippen LogP contribution in [0.3, 0.4) is 0 Å². The maximum atomic E-state index is 14.2. The normalized spacial score (nSPS) is 33.4. The molecule has 0 N–H and O–H groups in total. The lowest BCUT2D eigenvalue weighted by molar-refractivity contribution is -0.142. The lowest BCUT2D eigenvalue weighted by atomic mass is 9.33. The van der Waals surface area contributed by atoms with Crippen molar-refractivity contribution in [2.45, 2.75) is 37.6 Å². The zero-order valence-corrected chi connectivity index (χ0v) is 16.8. The molecule has 2 aromatic carbocycles. The summed E-state index contributed by atoms with van der Waals surface area (Å²) in [7, 11) is 0. The molecule has 4 aliphatic rings. The van der Waals surface area contributed by atoms with Crippen molar-refractivity contribution >= 4 is 23.5 Å². The number of carbonyl (C=O) groups is 2. The molecule has 2 aromatic rings. The van der Waals surface area contributed by atoms with Crippen molar-refractivity contribution in [2.24, 2.45) is 11.8 Å². The Morgan fingerprint density at radius 1 is 0.862 bits per heavy atom. The molecule has 3 heteroatoms. The Morgan fingerprint density at radius 3 is 2.21 bits per heavy atom. The third-order valence-electron chi connectivity index (χ3n) is 7.71. The number of carbonyl (C=O) groups excluding carboxylic acids is 2. The van der Waals surface area contributed by atoms with E-state index in [0.29, 0.717) is 0 Å². The summed E-state index contributed by atoms with van der Waals surface area (Å²) in [5, 5.41) is 0. The van der Waals surface area contributed by atoms with Gasteiger partial charge in [0.15, 0.2) is 0 Å². The summed E-state index contributed by atoms with van der Waals surface area (Å²) in [4.78, 5) is 29.8. The lowest BCUT2D eigenvalue weighted by Gasteiger charge is -2.65. The quantitative estimate of drug-likeness (QED) is 0.690. The highest BCUT2D eigenvalue weighted by Crippen LogP contribution is 2.74. The third-order valence-corrected chi connectivity index (χ3v) is 7.71. The van der Waals surface area contributed by atoms with E-state index in [9.17, 15) is 9.59 Å². The van der Waals surface area contributed by atoms with Crippen LogP contribution in [0, 0.1) is 11.8 Å². The molecule has 0 radical (unpaired) electrons. The van der Waals surface area contributed by atoms with Crippen molar-refractivity contribution in [1.29, 1.82) is 0 Å². The van der Waals surface area contributed by atoms with Crippen molar-refractivity contribution in [1.82, 2.24) is 4.90 Å². The van der Waals surface area contributed by atoms with Gasteiger partial charge in [0, 0.05) is 17.9 Å². The number of fused-ring (bicyclic) bond motifs is 3. The minimum atomic E-state index is -0.851. The summed E-state index contributed by atoms with van der Waals surface area (Å²) in [6.45, 7) is 6.00. The van der Waals surface area contributed by atoms with Gasteiger partial charge in [0.05, 0.1) is 0 Å². The Morgan fingerprint density at radius 2 is 1.48 bits per heavy atom. The molecule has 1 saturated heterocycles. The molecule has 4 atom stereocenters. The van der Waals surface area contributed by atoms with Crippen molar-refractivity contribution in [3.05, 3.63) is 82.9 Å². The third kappa shape index (κ3) is 1.54. The SMILES string of the molecule is CC1=C[C@H]2[C@H]3C=Cc4ccccc4[C@@]34C(=O)N(C(C)C)C(=O)[C@]24c2ccccc21. The van der Waals surface area contributed by atoms with Gasteiger partial charge in [-0.1, -0.05) is 66.8 Å². The Labute approximate surface area is 170 Å². The molecule has 0 aromatic heterocycles. The summed E-state index contributed by atoms with van der Waals surface area (Å²) < 4.78 is 0. The van der Waals surface area contributed by atoms with Gasteiger partial charge in [-0.15, -0.1) is 0 Å². The number of hydrogen-bond donors (Lipinski definition) is 0. The van der Waals surface area contributed by atoms with Crippen molar-refractivity contribution < 1.29 is 9.59 Å². The molecular weight excluding hydrogens is 358 g/mol. The van der Waals surface area contributed by atoms with E-state index in [0.717, 1.165) is 22.3 Å². The van der Waals surface area contributed by atoms with Crippen LogP contribution in [0.4, 0.5) is 0 Å². The monoisotopic (exact) mass is 381 g/mol. The highest BCUT2D eigenvalue weighted by Gasteiger charge is 2.85. The summed E-state index contributed by atoms with van der Waals surface area (Å²) in [6, 6.07) is 16.1. The topological polar surface area (TPSA) is 37.4 Å². The average Bonchev–Trinajstić information content (AvgIpc) is 2.86. The molecule has 1 aliphatic heterocycles. The van der Waals surface area contributed by atoms with Crippen LogP contribution in [0.2, 0.25) is 0 Å². The number of benzene rings is 2. The molecule has 2 spiro atoms. The molecule has 0 bridgehead atoms. The first-order valence-electron chi connectivity index (χ1n) is 10.4. The van der Waals surface area contributed by atoms with Crippen LogP contribution in [0.1, 0.15) is 43.0 Å². The van der Waals surface area contributed by atoms with Gasteiger partial charge in [0.1, 0.15) is 10.8 Å². The Hall–Kier alpha value is -2.94. The molecule has 3 aliphatic carbocycles. The van der Waals surface area contributed by atoms with Gasteiger partial charge < -0.3 is 0 Å². The van der Waals surface area contributed by atoms with E-state index >= 15 is 0 Å². The number of imide groups is 1. The molecule has 2 amide bonds. The highest BCUT2D eigenvalue weighted by molar-refractivity contribution is 6.20. The minimum absolute atomic E-state index is 0.000839. The van der Waals surface area contributed by atoms with Crippen LogP contribution in [0.25, 0.3) is 11.6 Å². The molecule has 2 fully saturated rings. The highest BCUT2D eigenvalue weighted by atomic mass is 16.2. The molecule has 0 unspecified atom stereocenters. The van der Waals surface area contributed by atoms with Crippen molar-refractivity contribution in [3.8, 4) is 0 Å². The molecule has 6 rings (SSSR count). The lowest BCUT2D eigenvalue weighted by Crippen LogP contribution is -2.73. The number of nitrogens with zero attached hydrogens (tertiary/aromatic N) is 1. The van der Waals surface area contributed by atoms with E-state index < -0.39 is 10.8 Å². The molecule has 3 nitrogen and oxygen atoms in total.